The van der Waals surface area contributed by atoms with Crippen molar-refractivity contribution >= 4 is 11.6 Å². The molecule has 6 heteroatoms. The molecule has 104 valence electrons. The Balaban J connectivity index is 2.01. The fourth-order valence-corrected chi connectivity index (χ4v) is 2.02. The maximum atomic E-state index is 11.5. The van der Waals surface area contributed by atoms with E-state index in [9.17, 15) is 4.79 Å². The van der Waals surface area contributed by atoms with Crippen molar-refractivity contribution in [1.29, 1.82) is 0 Å². The molecule has 0 aromatic carbocycles. The second kappa shape index (κ2) is 5.99. The molecule has 1 atom stereocenters. The lowest BCUT2D eigenvalue weighted by atomic mass is 10.0. The molecule has 6 nitrogen and oxygen atoms in total. The van der Waals surface area contributed by atoms with Crippen LogP contribution in [0.15, 0.2) is 18.3 Å². The van der Waals surface area contributed by atoms with Gasteiger partial charge in [-0.15, -0.1) is 0 Å². The summed E-state index contributed by atoms with van der Waals surface area (Å²) in [4.78, 5) is 15.5. The molecule has 2 rings (SSSR count). The Hall–Kier alpha value is -1.66. The molecule has 1 aromatic heterocycles. The summed E-state index contributed by atoms with van der Waals surface area (Å²) in [6.45, 7) is 1.94. The van der Waals surface area contributed by atoms with Crippen molar-refractivity contribution in [1.82, 2.24) is 10.3 Å². The Kier molecular flexibility index (Phi) is 4.34. The molecule has 19 heavy (non-hydrogen) atoms. The van der Waals surface area contributed by atoms with E-state index in [2.05, 4.69) is 15.6 Å². The molecule has 1 aromatic rings. The third-order valence-corrected chi connectivity index (χ3v) is 3.33. The second-order valence-corrected chi connectivity index (χ2v) is 4.55. The molecule has 1 aliphatic rings. The van der Waals surface area contributed by atoms with Crippen LogP contribution < -0.4 is 10.6 Å². The molecular formula is C13H19N3O3. The highest BCUT2D eigenvalue weighted by Gasteiger charge is 2.34. The van der Waals surface area contributed by atoms with E-state index < -0.39 is 0 Å². The lowest BCUT2D eigenvalue weighted by Crippen LogP contribution is -2.39. The summed E-state index contributed by atoms with van der Waals surface area (Å²) in [6, 6.07) is 3.55. The second-order valence-electron chi connectivity index (χ2n) is 4.55. The first-order chi connectivity index (χ1) is 9.19. The van der Waals surface area contributed by atoms with Gasteiger partial charge in [-0.3, -0.25) is 9.78 Å². The Morgan fingerprint density at radius 1 is 1.63 bits per heavy atom. The van der Waals surface area contributed by atoms with E-state index >= 15 is 0 Å². The Morgan fingerprint density at radius 3 is 3.11 bits per heavy atom. The fraction of sp³-hybridized carbons (Fsp3) is 0.538. The third-order valence-electron chi connectivity index (χ3n) is 3.33. The van der Waals surface area contributed by atoms with Crippen molar-refractivity contribution in [2.45, 2.75) is 12.0 Å². The standard InChI is InChI=1S/C13H19N3O3/c1-14-12(17)11-7-10(3-5-15-11)16-8-13(18-2)4-6-19-9-13/h3,5,7H,4,6,8-9H2,1-2H3,(H,14,17)(H,15,16). The molecular weight excluding hydrogens is 246 g/mol. The summed E-state index contributed by atoms with van der Waals surface area (Å²) in [5.74, 6) is -0.200. The van der Waals surface area contributed by atoms with Crippen LogP contribution in [-0.4, -0.2) is 50.4 Å². The van der Waals surface area contributed by atoms with Crippen molar-refractivity contribution in [3.8, 4) is 0 Å². The number of rotatable bonds is 5. The van der Waals surface area contributed by atoms with Gasteiger partial charge in [0, 0.05) is 45.6 Å². The first-order valence-corrected chi connectivity index (χ1v) is 6.24. The van der Waals surface area contributed by atoms with Crippen LogP contribution >= 0.6 is 0 Å². The number of carbonyl (C=O) groups is 1. The average Bonchev–Trinajstić information content (AvgIpc) is 2.94. The van der Waals surface area contributed by atoms with Crippen LogP contribution in [0.1, 0.15) is 16.9 Å². The predicted molar refractivity (Wildman–Crippen MR) is 71.3 cm³/mol. The highest BCUT2D eigenvalue weighted by molar-refractivity contribution is 5.92. The Bertz CT molecular complexity index is 445. The highest BCUT2D eigenvalue weighted by atomic mass is 16.5. The van der Waals surface area contributed by atoms with E-state index in [1.165, 1.54) is 0 Å². The van der Waals surface area contributed by atoms with E-state index in [4.69, 9.17) is 9.47 Å². The molecule has 1 unspecified atom stereocenters. The lowest BCUT2D eigenvalue weighted by molar-refractivity contribution is -0.00620. The number of anilines is 1. The van der Waals surface area contributed by atoms with Gasteiger partial charge in [-0.05, 0) is 12.1 Å². The monoisotopic (exact) mass is 265 g/mol. The number of amides is 1. The van der Waals surface area contributed by atoms with Gasteiger partial charge in [-0.2, -0.15) is 0 Å². The molecule has 1 aliphatic heterocycles. The number of methoxy groups -OCH3 is 1. The van der Waals surface area contributed by atoms with Crippen LogP contribution in [0.25, 0.3) is 0 Å². The number of ether oxygens (including phenoxy) is 2. The molecule has 1 saturated heterocycles. The largest absolute Gasteiger partial charge is 0.382 e. The smallest absolute Gasteiger partial charge is 0.269 e. The zero-order valence-electron chi connectivity index (χ0n) is 11.2. The van der Waals surface area contributed by atoms with Crippen molar-refractivity contribution in [2.75, 3.05) is 39.2 Å². The molecule has 0 saturated carbocycles. The molecule has 0 spiro atoms. The van der Waals surface area contributed by atoms with E-state index in [1.54, 1.807) is 26.4 Å². The molecule has 1 fully saturated rings. The van der Waals surface area contributed by atoms with E-state index in [1.807, 2.05) is 6.07 Å². The van der Waals surface area contributed by atoms with Crippen molar-refractivity contribution in [3.63, 3.8) is 0 Å². The van der Waals surface area contributed by atoms with Crippen LogP contribution in [0.2, 0.25) is 0 Å². The molecule has 0 aliphatic carbocycles. The normalized spacial score (nSPS) is 22.2. The third kappa shape index (κ3) is 3.21. The Morgan fingerprint density at radius 2 is 2.47 bits per heavy atom. The van der Waals surface area contributed by atoms with Gasteiger partial charge in [0.15, 0.2) is 0 Å². The molecule has 2 heterocycles. The first kappa shape index (κ1) is 13.8. The van der Waals surface area contributed by atoms with Gasteiger partial charge in [0.05, 0.1) is 6.61 Å². The van der Waals surface area contributed by atoms with Gasteiger partial charge in [-0.25, -0.2) is 0 Å². The van der Waals surface area contributed by atoms with Gasteiger partial charge in [0.25, 0.3) is 5.91 Å². The topological polar surface area (TPSA) is 72.5 Å². The van der Waals surface area contributed by atoms with Gasteiger partial charge in [0.1, 0.15) is 11.3 Å². The minimum atomic E-state index is -0.281. The summed E-state index contributed by atoms with van der Waals surface area (Å²) in [7, 11) is 3.28. The van der Waals surface area contributed by atoms with Crippen LogP contribution in [0.5, 0.6) is 0 Å². The molecule has 0 bridgehead atoms. The van der Waals surface area contributed by atoms with Crippen LogP contribution in [-0.2, 0) is 9.47 Å². The highest BCUT2D eigenvalue weighted by Crippen LogP contribution is 2.23. The number of aromatic nitrogens is 1. The quantitative estimate of drug-likeness (QED) is 0.818. The van der Waals surface area contributed by atoms with Crippen molar-refractivity contribution in [3.05, 3.63) is 24.0 Å². The number of carbonyl (C=O) groups excluding carboxylic acids is 1. The summed E-state index contributed by atoms with van der Waals surface area (Å²) >= 11 is 0. The zero-order chi connectivity index (χ0) is 13.7. The number of pyridine rings is 1. The van der Waals surface area contributed by atoms with Gasteiger partial charge in [-0.1, -0.05) is 0 Å². The predicted octanol–water partition coefficient (Wildman–Crippen LogP) is 0.659. The van der Waals surface area contributed by atoms with Gasteiger partial charge < -0.3 is 20.1 Å². The number of nitrogens with one attached hydrogen (secondary N) is 2. The minimum Gasteiger partial charge on any atom is -0.382 e. The SMILES string of the molecule is CNC(=O)c1cc(NCC2(OC)CCOC2)ccn1. The summed E-state index contributed by atoms with van der Waals surface area (Å²) in [6.07, 6.45) is 2.47. The lowest BCUT2D eigenvalue weighted by Gasteiger charge is -2.26. The summed E-state index contributed by atoms with van der Waals surface area (Å²) < 4.78 is 10.9. The van der Waals surface area contributed by atoms with Crippen LogP contribution in [0, 0.1) is 0 Å². The average molecular weight is 265 g/mol. The van der Waals surface area contributed by atoms with Gasteiger partial charge in [0.2, 0.25) is 0 Å². The molecule has 1 amide bonds. The molecule has 0 radical (unpaired) electrons. The van der Waals surface area contributed by atoms with Crippen molar-refractivity contribution in [2.24, 2.45) is 0 Å². The molecule has 2 N–H and O–H groups in total. The van der Waals surface area contributed by atoms with Crippen LogP contribution in [0.3, 0.4) is 0 Å². The minimum absolute atomic E-state index is 0.200. The fourth-order valence-electron chi connectivity index (χ4n) is 2.02. The number of nitrogens with zero attached hydrogens (tertiary/aromatic N) is 1. The Labute approximate surface area is 112 Å². The van der Waals surface area contributed by atoms with E-state index in [-0.39, 0.29) is 11.5 Å². The maximum absolute atomic E-state index is 11.5. The van der Waals surface area contributed by atoms with Crippen molar-refractivity contribution < 1.29 is 14.3 Å². The van der Waals surface area contributed by atoms with Crippen LogP contribution in [0.4, 0.5) is 5.69 Å². The first-order valence-electron chi connectivity index (χ1n) is 6.24. The maximum Gasteiger partial charge on any atom is 0.269 e. The zero-order valence-corrected chi connectivity index (χ0v) is 11.2. The van der Waals surface area contributed by atoms with E-state index in [0.29, 0.717) is 18.8 Å². The summed E-state index contributed by atoms with van der Waals surface area (Å²) in [5.41, 5.74) is 0.953. The van der Waals surface area contributed by atoms with E-state index in [0.717, 1.165) is 18.7 Å². The van der Waals surface area contributed by atoms with Gasteiger partial charge >= 0.3 is 0 Å². The summed E-state index contributed by atoms with van der Waals surface area (Å²) in [5, 5.41) is 5.82. The number of hydrogen-bond acceptors (Lipinski definition) is 5. The number of hydrogen-bond donors (Lipinski definition) is 2.